The second kappa shape index (κ2) is 11.8. The second-order valence-corrected chi connectivity index (χ2v) is 6.81. The van der Waals surface area contributed by atoms with Crippen LogP contribution in [0.3, 0.4) is 0 Å². The van der Waals surface area contributed by atoms with Crippen molar-refractivity contribution in [2.24, 2.45) is 0 Å². The van der Waals surface area contributed by atoms with E-state index in [2.05, 4.69) is 5.32 Å². The number of carboxylic acid groups (broad SMARTS) is 2. The summed E-state index contributed by atoms with van der Waals surface area (Å²) in [6.07, 6.45) is 1.90. The Morgan fingerprint density at radius 3 is 2.23 bits per heavy atom. The number of hydrogen-bond donors (Lipinski definition) is 3. The molecule has 1 atom stereocenters. The minimum Gasteiger partial charge on any atom is -0.493 e. The van der Waals surface area contributed by atoms with E-state index in [0.29, 0.717) is 35.2 Å². The van der Waals surface area contributed by atoms with E-state index in [9.17, 15) is 9.59 Å². The van der Waals surface area contributed by atoms with Crippen molar-refractivity contribution >= 4 is 23.5 Å². The number of halogens is 1. The maximum atomic E-state index is 9.55. The number of hydrogen-bond acceptors (Lipinski definition) is 6. The van der Waals surface area contributed by atoms with Crippen LogP contribution in [0.1, 0.15) is 17.2 Å². The van der Waals surface area contributed by atoms with E-state index in [0.717, 1.165) is 24.3 Å². The third-order valence-electron chi connectivity index (χ3n) is 4.37. The zero-order valence-electron chi connectivity index (χ0n) is 17.1. The molecule has 1 aliphatic rings. The average Bonchev–Trinajstić information content (AvgIpc) is 2.95. The minimum absolute atomic E-state index is 0.132. The van der Waals surface area contributed by atoms with Crippen LogP contribution in [0, 0.1) is 0 Å². The number of para-hydroxylation sites is 1. The molecule has 2 aromatic rings. The largest absolute Gasteiger partial charge is 0.493 e. The molecule has 0 bridgehead atoms. The Morgan fingerprint density at radius 1 is 1.03 bits per heavy atom. The van der Waals surface area contributed by atoms with E-state index in [1.807, 2.05) is 36.4 Å². The first-order valence-electron chi connectivity index (χ1n) is 9.36. The van der Waals surface area contributed by atoms with Gasteiger partial charge in [-0.2, -0.15) is 0 Å². The molecular formula is C22H24ClNO7. The molecule has 1 aliphatic heterocycles. The summed E-state index contributed by atoms with van der Waals surface area (Å²) < 4.78 is 17.0. The molecule has 0 fully saturated rings. The summed E-state index contributed by atoms with van der Waals surface area (Å²) in [5.41, 5.74) is 2.30. The van der Waals surface area contributed by atoms with Gasteiger partial charge in [-0.15, -0.1) is 0 Å². The van der Waals surface area contributed by atoms with Gasteiger partial charge in [0.05, 0.1) is 19.2 Å². The van der Waals surface area contributed by atoms with Crippen LogP contribution < -0.4 is 19.5 Å². The number of fused-ring (bicyclic) bond motifs is 1. The lowest BCUT2D eigenvalue weighted by atomic mass is 10.00. The van der Waals surface area contributed by atoms with Crippen LogP contribution in [0.4, 0.5) is 0 Å². The highest BCUT2D eigenvalue weighted by molar-refractivity contribution is 6.32. The van der Waals surface area contributed by atoms with E-state index >= 15 is 0 Å². The molecule has 8 nitrogen and oxygen atoms in total. The number of benzene rings is 2. The monoisotopic (exact) mass is 449 g/mol. The third kappa shape index (κ3) is 7.20. The van der Waals surface area contributed by atoms with Crippen molar-refractivity contribution < 1.29 is 34.0 Å². The lowest BCUT2D eigenvalue weighted by Crippen LogP contribution is -2.23. The number of ether oxygens (including phenoxy) is 3. The van der Waals surface area contributed by atoms with E-state index in [1.54, 1.807) is 14.2 Å². The molecule has 1 unspecified atom stereocenters. The van der Waals surface area contributed by atoms with Gasteiger partial charge < -0.3 is 29.7 Å². The maximum Gasteiger partial charge on any atom is 0.328 e. The summed E-state index contributed by atoms with van der Waals surface area (Å²) in [7, 11) is 3.29. The Bertz CT molecular complexity index is 929. The molecule has 3 rings (SSSR count). The lowest BCUT2D eigenvalue weighted by Gasteiger charge is -2.22. The molecule has 166 valence electrons. The van der Waals surface area contributed by atoms with Crippen molar-refractivity contribution in [2.75, 3.05) is 27.3 Å². The molecule has 0 aliphatic carbocycles. The van der Waals surface area contributed by atoms with Gasteiger partial charge in [-0.3, -0.25) is 0 Å². The first kappa shape index (κ1) is 24.0. The predicted octanol–water partition coefficient (Wildman–Crippen LogP) is 3.33. The highest BCUT2D eigenvalue weighted by Gasteiger charge is 2.23. The highest BCUT2D eigenvalue weighted by atomic mass is 35.5. The summed E-state index contributed by atoms with van der Waals surface area (Å²) in [5.74, 6) is -0.381. The van der Waals surface area contributed by atoms with Crippen LogP contribution in [0.5, 0.6) is 17.2 Å². The Morgan fingerprint density at radius 2 is 1.65 bits per heavy atom. The van der Waals surface area contributed by atoms with Gasteiger partial charge in [0.25, 0.3) is 0 Å². The quantitative estimate of drug-likeness (QED) is 0.575. The van der Waals surface area contributed by atoms with Gasteiger partial charge in [-0.25, -0.2) is 9.59 Å². The Balaban J connectivity index is 0.000000366. The van der Waals surface area contributed by atoms with Crippen molar-refractivity contribution in [2.45, 2.75) is 12.5 Å². The molecular weight excluding hydrogens is 426 g/mol. The van der Waals surface area contributed by atoms with Gasteiger partial charge in [0, 0.05) is 24.3 Å². The molecule has 0 spiro atoms. The average molecular weight is 450 g/mol. The van der Waals surface area contributed by atoms with E-state index in [4.69, 9.17) is 36.0 Å². The molecule has 0 aromatic heterocycles. The van der Waals surface area contributed by atoms with Gasteiger partial charge in [0.2, 0.25) is 0 Å². The number of rotatable bonds is 6. The third-order valence-corrected chi connectivity index (χ3v) is 4.68. The molecule has 0 radical (unpaired) electrons. The fourth-order valence-electron chi connectivity index (χ4n) is 2.96. The first-order chi connectivity index (χ1) is 14.8. The normalized spacial score (nSPS) is 15.1. The molecule has 1 heterocycles. The zero-order valence-corrected chi connectivity index (χ0v) is 17.9. The predicted molar refractivity (Wildman–Crippen MR) is 115 cm³/mol. The molecule has 0 saturated carbocycles. The SMILES string of the molecule is COc1cc2c(cc1OC)C(Oc1ccccc1Cl)CNCC2.O=C(O)C=CC(=O)O. The van der Waals surface area contributed by atoms with E-state index in [-0.39, 0.29) is 6.10 Å². The smallest absolute Gasteiger partial charge is 0.328 e. The number of nitrogens with one attached hydrogen (secondary N) is 1. The Labute approximate surface area is 185 Å². The molecule has 9 heteroatoms. The number of methoxy groups -OCH3 is 2. The van der Waals surface area contributed by atoms with Crippen molar-refractivity contribution in [1.29, 1.82) is 0 Å². The maximum absolute atomic E-state index is 9.55. The first-order valence-corrected chi connectivity index (χ1v) is 9.74. The number of aliphatic carboxylic acids is 2. The fourth-order valence-corrected chi connectivity index (χ4v) is 3.14. The van der Waals surface area contributed by atoms with Gasteiger partial charge in [0.15, 0.2) is 11.5 Å². The lowest BCUT2D eigenvalue weighted by molar-refractivity contribution is -0.134. The molecule has 3 N–H and O–H groups in total. The van der Waals surface area contributed by atoms with Crippen LogP contribution in [-0.4, -0.2) is 49.5 Å². The van der Waals surface area contributed by atoms with Gasteiger partial charge in [-0.1, -0.05) is 23.7 Å². The summed E-state index contributed by atoms with van der Waals surface area (Å²) in [6, 6.07) is 11.6. The van der Waals surface area contributed by atoms with Crippen LogP contribution in [0.25, 0.3) is 0 Å². The van der Waals surface area contributed by atoms with Crippen LogP contribution in [0.2, 0.25) is 5.02 Å². The topological polar surface area (TPSA) is 114 Å². The molecule has 31 heavy (non-hydrogen) atoms. The van der Waals surface area contributed by atoms with Gasteiger partial charge in [0.1, 0.15) is 11.9 Å². The summed E-state index contributed by atoms with van der Waals surface area (Å²) in [5, 5.41) is 19.6. The molecule has 0 saturated heterocycles. The highest BCUT2D eigenvalue weighted by Crippen LogP contribution is 2.37. The standard InChI is InChI=1S/C18H20ClNO3.C4H4O4/c1-21-16-9-12-7-8-20-11-18(13(12)10-17(16)22-2)23-15-6-4-3-5-14(15)19;5-3(6)1-2-4(7)8/h3-6,9-10,18,20H,7-8,11H2,1-2H3;1-2H,(H,5,6)(H,7,8). The number of carbonyl (C=O) groups is 2. The number of carboxylic acids is 2. The summed E-state index contributed by atoms with van der Waals surface area (Å²) >= 11 is 6.23. The van der Waals surface area contributed by atoms with Crippen LogP contribution in [-0.2, 0) is 16.0 Å². The van der Waals surface area contributed by atoms with Crippen LogP contribution >= 0.6 is 11.6 Å². The Kier molecular flexibility index (Phi) is 9.17. The minimum atomic E-state index is -1.26. The van der Waals surface area contributed by atoms with Crippen molar-refractivity contribution in [3.63, 3.8) is 0 Å². The summed E-state index contributed by atoms with van der Waals surface area (Å²) in [6.45, 7) is 1.61. The van der Waals surface area contributed by atoms with Crippen molar-refractivity contribution in [3.8, 4) is 17.2 Å². The zero-order chi connectivity index (χ0) is 22.8. The van der Waals surface area contributed by atoms with Crippen LogP contribution in [0.15, 0.2) is 48.6 Å². The van der Waals surface area contributed by atoms with Crippen molar-refractivity contribution in [1.82, 2.24) is 5.32 Å². The fraction of sp³-hybridized carbons (Fsp3) is 0.273. The van der Waals surface area contributed by atoms with Gasteiger partial charge in [-0.05, 0) is 42.8 Å². The second-order valence-electron chi connectivity index (χ2n) is 6.41. The van der Waals surface area contributed by atoms with Gasteiger partial charge >= 0.3 is 11.9 Å². The summed E-state index contributed by atoms with van der Waals surface area (Å²) in [4.78, 5) is 19.1. The molecule has 2 aromatic carbocycles. The van der Waals surface area contributed by atoms with E-state index in [1.165, 1.54) is 5.56 Å². The Hall–Kier alpha value is -3.23. The van der Waals surface area contributed by atoms with E-state index < -0.39 is 11.9 Å². The molecule has 0 amide bonds. The van der Waals surface area contributed by atoms with Crippen molar-refractivity contribution in [3.05, 3.63) is 64.7 Å².